The van der Waals surface area contributed by atoms with Gasteiger partial charge in [0.15, 0.2) is 11.6 Å². The maximum Gasteiger partial charge on any atom is 0.416 e. The van der Waals surface area contributed by atoms with Crippen LogP contribution in [0, 0.1) is 11.6 Å². The van der Waals surface area contributed by atoms with Crippen LogP contribution in [-0.2, 0) is 19.3 Å². The fourth-order valence-corrected chi connectivity index (χ4v) is 3.22. The minimum Gasteiger partial charge on any atom is -0.348 e. The van der Waals surface area contributed by atoms with Crippen LogP contribution in [0.5, 0.6) is 0 Å². The average molecular weight is 481 g/mol. The number of nitrogens with one attached hydrogen (secondary N) is 1. The summed E-state index contributed by atoms with van der Waals surface area (Å²) in [6.45, 7) is 1.72. The molecule has 0 radical (unpaired) electrons. The van der Waals surface area contributed by atoms with Gasteiger partial charge >= 0.3 is 11.9 Å². The highest BCUT2D eigenvalue weighted by molar-refractivity contribution is 5.93. The first-order chi connectivity index (χ1) is 16.0. The number of unbranched alkanes of at least 4 members (excludes halogenated alkanes) is 1. The molecule has 0 atom stereocenters. The molecule has 34 heavy (non-hydrogen) atoms. The number of amides is 1. The summed E-state index contributed by atoms with van der Waals surface area (Å²) in [5.74, 6) is -3.12. The number of hydrogen-bond donors (Lipinski definition) is 1. The molecule has 0 aliphatic rings. The summed E-state index contributed by atoms with van der Waals surface area (Å²) in [7, 11) is 0. The van der Waals surface area contributed by atoms with Crippen LogP contribution < -0.4 is 16.6 Å². The van der Waals surface area contributed by atoms with Crippen molar-refractivity contribution in [3.63, 3.8) is 0 Å². The van der Waals surface area contributed by atoms with Crippen LogP contribution in [0.4, 0.5) is 22.0 Å². The summed E-state index contributed by atoms with van der Waals surface area (Å²) in [4.78, 5) is 38.7. The molecule has 0 fully saturated rings. The highest BCUT2D eigenvalue weighted by atomic mass is 19.4. The van der Waals surface area contributed by atoms with E-state index < -0.39 is 46.1 Å². The fourth-order valence-electron chi connectivity index (χ4n) is 3.22. The molecule has 0 aliphatic heterocycles. The van der Waals surface area contributed by atoms with Crippen LogP contribution in [0.2, 0.25) is 0 Å². The highest BCUT2D eigenvalue weighted by Gasteiger charge is 2.31. The average Bonchev–Trinajstić information content (AvgIpc) is 2.79. The fraction of sp³-hybridized carbons (Fsp3) is 0.261. The molecule has 1 heterocycles. The lowest BCUT2D eigenvalue weighted by atomic mass is 10.2. The topological polar surface area (TPSA) is 73.1 Å². The second kappa shape index (κ2) is 10.0. The third kappa shape index (κ3) is 5.41. The van der Waals surface area contributed by atoms with Crippen molar-refractivity contribution in [3.8, 4) is 5.69 Å². The first-order valence-electron chi connectivity index (χ1n) is 10.3. The number of benzene rings is 2. The molecular weight excluding hydrogens is 461 g/mol. The van der Waals surface area contributed by atoms with E-state index in [9.17, 15) is 36.3 Å². The highest BCUT2D eigenvalue weighted by Crippen LogP contribution is 2.29. The third-order valence-electron chi connectivity index (χ3n) is 5.02. The van der Waals surface area contributed by atoms with Gasteiger partial charge in [0.25, 0.3) is 11.5 Å². The molecule has 0 unspecified atom stereocenters. The Hall–Kier alpha value is -3.76. The lowest BCUT2D eigenvalue weighted by molar-refractivity contribution is -0.137. The Bertz CT molecular complexity index is 1330. The van der Waals surface area contributed by atoms with E-state index in [-0.39, 0.29) is 24.3 Å². The number of rotatable bonds is 7. The van der Waals surface area contributed by atoms with E-state index in [0.717, 1.165) is 41.1 Å². The van der Waals surface area contributed by atoms with Gasteiger partial charge in [0.2, 0.25) is 0 Å². The Balaban J connectivity index is 2.05. The molecule has 0 bridgehead atoms. The largest absolute Gasteiger partial charge is 0.416 e. The zero-order valence-corrected chi connectivity index (χ0v) is 18.0. The number of halogens is 5. The Morgan fingerprint density at radius 1 is 1.03 bits per heavy atom. The van der Waals surface area contributed by atoms with Crippen molar-refractivity contribution >= 4 is 5.91 Å². The molecule has 3 rings (SSSR count). The van der Waals surface area contributed by atoms with Gasteiger partial charge in [-0.1, -0.05) is 25.5 Å². The summed E-state index contributed by atoms with van der Waals surface area (Å²) in [6.07, 6.45) is -2.48. The van der Waals surface area contributed by atoms with Crippen molar-refractivity contribution in [2.24, 2.45) is 0 Å². The minimum atomic E-state index is -4.71. The summed E-state index contributed by atoms with van der Waals surface area (Å²) >= 11 is 0. The first-order valence-corrected chi connectivity index (χ1v) is 10.3. The number of nitrogens with zero attached hydrogens (tertiary/aromatic N) is 2. The molecule has 2 aromatic carbocycles. The Morgan fingerprint density at radius 2 is 1.76 bits per heavy atom. The maximum absolute atomic E-state index is 13.4. The SMILES string of the molecule is CCCCn1cc(C(=O)NCc2ccc(F)c(F)c2)c(=O)n(-c2cccc(C(F)(F)F)c2)c1=O. The van der Waals surface area contributed by atoms with E-state index in [0.29, 0.717) is 23.5 Å². The Labute approximate surface area is 190 Å². The summed E-state index contributed by atoms with van der Waals surface area (Å²) < 4.78 is 67.6. The number of hydrogen-bond acceptors (Lipinski definition) is 3. The van der Waals surface area contributed by atoms with Crippen LogP contribution >= 0.6 is 0 Å². The summed E-state index contributed by atoms with van der Waals surface area (Å²) in [5.41, 5.74) is -3.69. The van der Waals surface area contributed by atoms with Crippen LogP contribution in [-0.4, -0.2) is 15.0 Å². The standard InChI is InChI=1S/C23H20F5N3O3/c1-2-3-9-30-13-17(20(32)29-12-14-7-8-18(24)19(25)10-14)21(33)31(22(30)34)16-6-4-5-15(11-16)23(26,27)28/h4-8,10-11,13H,2-3,9,12H2,1H3,(H,29,32). The van der Waals surface area contributed by atoms with E-state index in [1.807, 2.05) is 6.92 Å². The minimum absolute atomic E-state index is 0.123. The predicted molar refractivity (Wildman–Crippen MR) is 114 cm³/mol. The van der Waals surface area contributed by atoms with Crippen LogP contribution in [0.1, 0.15) is 41.3 Å². The lowest BCUT2D eigenvalue weighted by Gasteiger charge is -2.14. The molecule has 1 N–H and O–H groups in total. The molecule has 1 amide bonds. The molecule has 180 valence electrons. The van der Waals surface area contributed by atoms with Gasteiger partial charge in [-0.3, -0.25) is 14.2 Å². The molecule has 1 aromatic heterocycles. The van der Waals surface area contributed by atoms with Crippen molar-refractivity contribution in [3.05, 3.63) is 97.8 Å². The number of carbonyl (C=O) groups is 1. The van der Waals surface area contributed by atoms with Gasteiger partial charge < -0.3 is 5.32 Å². The van der Waals surface area contributed by atoms with Crippen LogP contribution in [0.25, 0.3) is 5.69 Å². The smallest absolute Gasteiger partial charge is 0.348 e. The van der Waals surface area contributed by atoms with Crippen molar-refractivity contribution in [1.82, 2.24) is 14.5 Å². The number of aromatic nitrogens is 2. The summed E-state index contributed by atoms with van der Waals surface area (Å²) in [6, 6.07) is 6.64. The Morgan fingerprint density at radius 3 is 2.41 bits per heavy atom. The van der Waals surface area contributed by atoms with Gasteiger partial charge in [0.05, 0.1) is 11.3 Å². The molecule has 0 spiro atoms. The zero-order chi connectivity index (χ0) is 25.0. The van der Waals surface area contributed by atoms with Crippen molar-refractivity contribution in [2.75, 3.05) is 0 Å². The van der Waals surface area contributed by atoms with Crippen molar-refractivity contribution in [2.45, 2.75) is 39.0 Å². The van der Waals surface area contributed by atoms with E-state index in [1.165, 1.54) is 6.07 Å². The van der Waals surface area contributed by atoms with E-state index >= 15 is 0 Å². The van der Waals surface area contributed by atoms with Crippen LogP contribution in [0.15, 0.2) is 58.3 Å². The molecule has 6 nitrogen and oxygen atoms in total. The van der Waals surface area contributed by atoms with Crippen LogP contribution in [0.3, 0.4) is 0 Å². The predicted octanol–water partition coefficient (Wildman–Crippen LogP) is 4.03. The number of carbonyl (C=O) groups excluding carboxylic acids is 1. The second-order valence-corrected chi connectivity index (χ2v) is 7.49. The normalized spacial score (nSPS) is 11.5. The molecule has 3 aromatic rings. The van der Waals surface area contributed by atoms with Gasteiger partial charge in [0, 0.05) is 19.3 Å². The monoisotopic (exact) mass is 481 g/mol. The van der Waals surface area contributed by atoms with Gasteiger partial charge in [-0.05, 0) is 42.3 Å². The summed E-state index contributed by atoms with van der Waals surface area (Å²) in [5, 5.41) is 2.38. The molecule has 0 saturated heterocycles. The van der Waals surface area contributed by atoms with E-state index in [2.05, 4.69) is 5.32 Å². The van der Waals surface area contributed by atoms with E-state index in [1.54, 1.807) is 0 Å². The maximum atomic E-state index is 13.4. The second-order valence-electron chi connectivity index (χ2n) is 7.49. The molecule has 11 heteroatoms. The van der Waals surface area contributed by atoms with Crippen molar-refractivity contribution < 1.29 is 26.7 Å². The number of aryl methyl sites for hydroxylation is 1. The molecule has 0 aliphatic carbocycles. The first kappa shape index (κ1) is 24.9. The van der Waals surface area contributed by atoms with Gasteiger partial charge in [0.1, 0.15) is 5.56 Å². The van der Waals surface area contributed by atoms with Crippen molar-refractivity contribution in [1.29, 1.82) is 0 Å². The zero-order valence-electron chi connectivity index (χ0n) is 18.0. The quantitative estimate of drug-likeness (QED) is 0.518. The third-order valence-corrected chi connectivity index (χ3v) is 5.02. The van der Waals surface area contributed by atoms with Gasteiger partial charge in [-0.2, -0.15) is 13.2 Å². The molecule has 0 saturated carbocycles. The number of alkyl halides is 3. The van der Waals surface area contributed by atoms with Gasteiger partial charge in [-0.15, -0.1) is 0 Å². The lowest BCUT2D eigenvalue weighted by Crippen LogP contribution is -2.43. The van der Waals surface area contributed by atoms with Gasteiger partial charge in [-0.25, -0.2) is 18.1 Å². The van der Waals surface area contributed by atoms with E-state index in [4.69, 9.17) is 0 Å². The Kier molecular flexibility index (Phi) is 7.33. The molecular formula is C23H20F5N3O3.